The monoisotopic (exact) mass is 239 g/mol. The zero-order valence-electron chi connectivity index (χ0n) is 10.7. The van der Waals surface area contributed by atoms with E-state index < -0.39 is 0 Å². The molecule has 2 rings (SSSR count). The Bertz CT molecular complexity index is 340. The van der Waals surface area contributed by atoms with Crippen LogP contribution in [0.15, 0.2) is 11.6 Å². The van der Waals surface area contributed by atoms with Crippen molar-refractivity contribution in [2.24, 2.45) is 0 Å². The summed E-state index contributed by atoms with van der Waals surface area (Å²) in [5.41, 5.74) is 0.650. The van der Waals surface area contributed by atoms with Crippen molar-refractivity contribution in [2.75, 3.05) is 7.05 Å². The van der Waals surface area contributed by atoms with Gasteiger partial charge in [-0.15, -0.1) is 0 Å². The van der Waals surface area contributed by atoms with E-state index in [2.05, 4.69) is 4.90 Å². The van der Waals surface area contributed by atoms with Crippen molar-refractivity contribution in [2.45, 2.75) is 57.4 Å². The summed E-state index contributed by atoms with van der Waals surface area (Å²) in [6.45, 7) is 3.60. The molecule has 17 heavy (non-hydrogen) atoms. The number of hydrogen-bond acceptors (Lipinski definition) is 4. The molecular weight excluding hydrogens is 218 g/mol. The van der Waals surface area contributed by atoms with Crippen LogP contribution in [-0.2, 0) is 9.53 Å². The van der Waals surface area contributed by atoms with Gasteiger partial charge < -0.3 is 9.84 Å². The van der Waals surface area contributed by atoms with E-state index in [1.54, 1.807) is 13.0 Å². The Morgan fingerprint density at radius 2 is 2.12 bits per heavy atom. The minimum Gasteiger partial charge on any atom is -0.459 e. The van der Waals surface area contributed by atoms with Gasteiger partial charge in [-0.05, 0) is 27.3 Å². The Labute approximate surface area is 102 Å². The van der Waals surface area contributed by atoms with E-state index in [0.717, 1.165) is 19.3 Å². The van der Waals surface area contributed by atoms with Crippen LogP contribution in [-0.4, -0.2) is 47.3 Å². The van der Waals surface area contributed by atoms with E-state index in [4.69, 9.17) is 4.74 Å². The number of nitrogens with zero attached hydrogens (tertiary/aromatic N) is 1. The number of aliphatic hydroxyl groups is 1. The molecule has 0 aromatic carbocycles. The Morgan fingerprint density at radius 3 is 2.71 bits per heavy atom. The van der Waals surface area contributed by atoms with Crippen LogP contribution in [0.4, 0.5) is 0 Å². The Hall–Kier alpha value is -0.870. The summed E-state index contributed by atoms with van der Waals surface area (Å²) < 4.78 is 5.48. The first-order valence-electron chi connectivity index (χ1n) is 6.26. The molecule has 4 nitrogen and oxygen atoms in total. The second kappa shape index (κ2) is 4.78. The summed E-state index contributed by atoms with van der Waals surface area (Å²) in [5.74, 6) is -0.226. The van der Waals surface area contributed by atoms with Crippen LogP contribution in [0.1, 0.15) is 33.1 Å². The SMILES string of the molecule is C/C=C(\C)C(=O)O[C@@H]1C[C@@H]2C[C@H](O)[C@H](C1)N2C. The summed E-state index contributed by atoms with van der Waals surface area (Å²) >= 11 is 0. The Morgan fingerprint density at radius 1 is 1.41 bits per heavy atom. The molecule has 0 amide bonds. The lowest BCUT2D eigenvalue weighted by molar-refractivity contribution is -0.147. The highest BCUT2D eigenvalue weighted by molar-refractivity contribution is 5.87. The maximum absolute atomic E-state index is 11.7. The van der Waals surface area contributed by atoms with Crippen LogP contribution in [0.25, 0.3) is 0 Å². The van der Waals surface area contributed by atoms with Gasteiger partial charge >= 0.3 is 5.97 Å². The van der Waals surface area contributed by atoms with Gasteiger partial charge in [0.25, 0.3) is 0 Å². The van der Waals surface area contributed by atoms with Gasteiger partial charge in [0.2, 0.25) is 0 Å². The Kier molecular flexibility index (Phi) is 3.54. The molecule has 2 aliphatic heterocycles. The van der Waals surface area contributed by atoms with E-state index in [0.29, 0.717) is 11.6 Å². The highest BCUT2D eigenvalue weighted by atomic mass is 16.5. The molecule has 4 heteroatoms. The fourth-order valence-corrected chi connectivity index (χ4v) is 2.86. The molecule has 0 radical (unpaired) electrons. The van der Waals surface area contributed by atoms with E-state index >= 15 is 0 Å². The average Bonchev–Trinajstić information content (AvgIpc) is 2.49. The lowest BCUT2D eigenvalue weighted by atomic mass is 10.00. The topological polar surface area (TPSA) is 49.8 Å². The van der Waals surface area contributed by atoms with Crippen LogP contribution >= 0.6 is 0 Å². The summed E-state index contributed by atoms with van der Waals surface area (Å²) in [7, 11) is 2.04. The fourth-order valence-electron chi connectivity index (χ4n) is 2.86. The first-order valence-corrected chi connectivity index (χ1v) is 6.26. The maximum atomic E-state index is 11.7. The molecule has 0 unspecified atom stereocenters. The molecule has 2 bridgehead atoms. The van der Waals surface area contributed by atoms with Gasteiger partial charge in [0.15, 0.2) is 0 Å². The zero-order chi connectivity index (χ0) is 12.6. The second-order valence-electron chi connectivity index (χ2n) is 5.16. The van der Waals surface area contributed by atoms with Crippen molar-refractivity contribution in [3.8, 4) is 0 Å². The normalized spacial score (nSPS) is 38.2. The third-order valence-electron chi connectivity index (χ3n) is 4.12. The van der Waals surface area contributed by atoms with Gasteiger partial charge in [-0.2, -0.15) is 0 Å². The molecule has 0 aliphatic carbocycles. The molecule has 2 fully saturated rings. The zero-order valence-corrected chi connectivity index (χ0v) is 10.7. The lowest BCUT2D eigenvalue weighted by Gasteiger charge is -2.36. The van der Waals surface area contributed by atoms with Gasteiger partial charge in [-0.25, -0.2) is 4.79 Å². The van der Waals surface area contributed by atoms with E-state index in [1.165, 1.54) is 0 Å². The van der Waals surface area contributed by atoms with E-state index in [1.807, 2.05) is 14.0 Å². The number of carbonyl (C=O) groups is 1. The first kappa shape index (κ1) is 12.6. The van der Waals surface area contributed by atoms with Crippen molar-refractivity contribution >= 4 is 5.97 Å². The van der Waals surface area contributed by atoms with Crippen molar-refractivity contribution in [1.29, 1.82) is 0 Å². The fraction of sp³-hybridized carbons (Fsp3) is 0.769. The maximum Gasteiger partial charge on any atom is 0.333 e. The first-order chi connectivity index (χ1) is 8.02. The number of carbonyl (C=O) groups excluding carboxylic acids is 1. The molecular formula is C13H21NO3. The van der Waals surface area contributed by atoms with Gasteiger partial charge in [0.05, 0.1) is 6.10 Å². The number of fused-ring (bicyclic) bond motifs is 2. The van der Waals surface area contributed by atoms with Gasteiger partial charge in [0.1, 0.15) is 6.10 Å². The molecule has 2 saturated heterocycles. The van der Waals surface area contributed by atoms with Crippen LogP contribution in [0.2, 0.25) is 0 Å². The minimum atomic E-state index is -0.267. The number of allylic oxidation sites excluding steroid dienone is 1. The average molecular weight is 239 g/mol. The van der Waals surface area contributed by atoms with Crippen molar-refractivity contribution in [1.82, 2.24) is 4.90 Å². The number of rotatable bonds is 2. The number of esters is 1. The molecule has 0 saturated carbocycles. The highest BCUT2D eigenvalue weighted by Gasteiger charge is 2.45. The smallest absolute Gasteiger partial charge is 0.333 e. The second-order valence-corrected chi connectivity index (χ2v) is 5.16. The molecule has 1 N–H and O–H groups in total. The van der Waals surface area contributed by atoms with Crippen molar-refractivity contribution < 1.29 is 14.6 Å². The lowest BCUT2D eigenvalue weighted by Crippen LogP contribution is -2.45. The predicted octanol–water partition coefficient (Wildman–Crippen LogP) is 1.09. The summed E-state index contributed by atoms with van der Waals surface area (Å²) in [5, 5.41) is 9.88. The van der Waals surface area contributed by atoms with E-state index in [9.17, 15) is 9.90 Å². The molecule has 2 heterocycles. The third kappa shape index (κ3) is 2.38. The highest BCUT2D eigenvalue weighted by Crippen LogP contribution is 2.35. The molecule has 2 aliphatic rings. The third-order valence-corrected chi connectivity index (χ3v) is 4.12. The number of aliphatic hydroxyl groups excluding tert-OH is 1. The quantitative estimate of drug-likeness (QED) is 0.579. The summed E-state index contributed by atoms with van der Waals surface area (Å²) in [6, 6.07) is 0.505. The van der Waals surface area contributed by atoms with Gasteiger partial charge in [0, 0.05) is 30.5 Å². The Balaban J connectivity index is 1.96. The van der Waals surface area contributed by atoms with Crippen LogP contribution in [0, 0.1) is 0 Å². The van der Waals surface area contributed by atoms with Crippen LogP contribution < -0.4 is 0 Å². The van der Waals surface area contributed by atoms with Crippen LogP contribution in [0.5, 0.6) is 0 Å². The standard InChI is InChI=1S/C13H21NO3/c1-4-8(2)13(16)17-10-5-9-6-12(15)11(7-10)14(9)3/h4,9-12,15H,5-7H2,1-3H3/b8-4+/t9-,10-,11+,12+/m1/s1. The van der Waals surface area contributed by atoms with Gasteiger partial charge in [-0.3, -0.25) is 4.90 Å². The molecule has 4 atom stereocenters. The predicted molar refractivity (Wildman–Crippen MR) is 64.5 cm³/mol. The van der Waals surface area contributed by atoms with Gasteiger partial charge in [-0.1, -0.05) is 6.08 Å². The largest absolute Gasteiger partial charge is 0.459 e. The minimum absolute atomic E-state index is 0.0410. The molecule has 0 aromatic rings. The summed E-state index contributed by atoms with van der Waals surface area (Å²) in [6.07, 6.45) is 3.85. The number of ether oxygens (including phenoxy) is 1. The van der Waals surface area contributed by atoms with E-state index in [-0.39, 0.29) is 24.2 Å². The molecule has 0 spiro atoms. The molecule has 96 valence electrons. The van der Waals surface area contributed by atoms with Crippen molar-refractivity contribution in [3.05, 3.63) is 11.6 Å². The van der Waals surface area contributed by atoms with Crippen LogP contribution in [0.3, 0.4) is 0 Å². The molecule has 0 aromatic heterocycles. The number of hydrogen-bond donors (Lipinski definition) is 1. The summed E-state index contributed by atoms with van der Waals surface area (Å²) in [4.78, 5) is 13.9. The van der Waals surface area contributed by atoms with Crippen molar-refractivity contribution in [3.63, 3.8) is 0 Å². The number of piperidine rings is 1. The number of likely N-dealkylation sites (N-methyl/N-ethyl adjacent to an activating group) is 1.